The van der Waals surface area contributed by atoms with Crippen LogP contribution in [0.25, 0.3) is 11.3 Å². The molecule has 7 nitrogen and oxygen atoms in total. The van der Waals surface area contributed by atoms with Crippen LogP contribution in [0.1, 0.15) is 46.1 Å². The van der Waals surface area contributed by atoms with E-state index in [0.717, 1.165) is 23.7 Å². The van der Waals surface area contributed by atoms with Crippen molar-refractivity contribution >= 4 is 12.0 Å². The van der Waals surface area contributed by atoms with Crippen LogP contribution in [-0.4, -0.2) is 45.4 Å². The maximum atomic E-state index is 13.1. The molecule has 0 radical (unpaired) electrons. The van der Waals surface area contributed by atoms with E-state index < -0.39 is 29.5 Å². The lowest BCUT2D eigenvalue weighted by atomic mass is 9.84. The van der Waals surface area contributed by atoms with E-state index in [2.05, 4.69) is 15.6 Å². The van der Waals surface area contributed by atoms with Gasteiger partial charge in [-0.2, -0.15) is 0 Å². The number of carbonyl (C=O) groups is 2. The highest BCUT2D eigenvalue weighted by Gasteiger charge is 2.35. The zero-order valence-electron chi connectivity index (χ0n) is 19.0. The van der Waals surface area contributed by atoms with Crippen LogP contribution >= 0.6 is 0 Å². The third-order valence-corrected chi connectivity index (χ3v) is 5.66. The van der Waals surface area contributed by atoms with Gasteiger partial charge in [-0.05, 0) is 36.5 Å². The van der Waals surface area contributed by atoms with Gasteiger partial charge in [-0.15, -0.1) is 0 Å². The minimum atomic E-state index is -1.43. The molecule has 2 amide bonds. The minimum Gasteiger partial charge on any atom is -0.465 e. The second-order valence-corrected chi connectivity index (χ2v) is 9.08. The Bertz CT molecular complexity index is 916. The molecule has 0 aliphatic carbocycles. The molecule has 0 spiro atoms. The van der Waals surface area contributed by atoms with E-state index >= 15 is 0 Å². The van der Waals surface area contributed by atoms with Gasteiger partial charge in [0.2, 0.25) is 5.91 Å². The van der Waals surface area contributed by atoms with Crippen LogP contribution in [0.2, 0.25) is 0 Å². The van der Waals surface area contributed by atoms with Gasteiger partial charge in [0.25, 0.3) is 0 Å². The van der Waals surface area contributed by atoms with Crippen LogP contribution < -0.4 is 10.6 Å². The average molecular weight is 446 g/mol. The first kappa shape index (κ1) is 25.3. The molecule has 174 valence electrons. The van der Waals surface area contributed by atoms with Crippen LogP contribution in [0.4, 0.5) is 9.18 Å². The Morgan fingerprint density at radius 2 is 1.78 bits per heavy atom. The molecule has 0 saturated heterocycles. The number of hydrogen-bond acceptors (Lipinski definition) is 4. The summed E-state index contributed by atoms with van der Waals surface area (Å²) in [7, 11) is 0. The first-order valence-corrected chi connectivity index (χ1v) is 10.6. The van der Waals surface area contributed by atoms with Gasteiger partial charge in [0, 0.05) is 18.5 Å². The smallest absolute Gasteiger partial charge is 0.405 e. The quantitative estimate of drug-likeness (QED) is 0.445. The van der Waals surface area contributed by atoms with Crippen molar-refractivity contribution in [3.05, 3.63) is 54.0 Å². The Labute approximate surface area is 188 Å². The van der Waals surface area contributed by atoms with E-state index in [4.69, 9.17) is 0 Å². The van der Waals surface area contributed by atoms with Gasteiger partial charge < -0.3 is 20.8 Å². The highest BCUT2D eigenvalue weighted by atomic mass is 19.1. The summed E-state index contributed by atoms with van der Waals surface area (Å²) in [5.74, 6) is -0.937. The molecule has 4 N–H and O–H groups in total. The highest BCUT2D eigenvalue weighted by molar-refractivity contribution is 5.89. The van der Waals surface area contributed by atoms with E-state index in [1.165, 1.54) is 13.0 Å². The number of rotatable bonds is 10. The molecule has 1 aromatic heterocycles. The first-order chi connectivity index (χ1) is 14.9. The van der Waals surface area contributed by atoms with Gasteiger partial charge in [-0.3, -0.25) is 9.78 Å². The number of hydrogen-bond donors (Lipinski definition) is 4. The summed E-state index contributed by atoms with van der Waals surface area (Å²) in [6, 6.07) is 10.0. The van der Waals surface area contributed by atoms with Crippen LogP contribution in [0.15, 0.2) is 42.6 Å². The molecule has 0 aliphatic rings. The fraction of sp³-hybridized carbons (Fsp3) is 0.458. The number of benzene rings is 1. The molecule has 0 bridgehead atoms. The Morgan fingerprint density at radius 3 is 2.31 bits per heavy atom. The molecule has 2 aromatic rings. The molecule has 0 fully saturated rings. The zero-order chi connectivity index (χ0) is 23.9. The van der Waals surface area contributed by atoms with Crippen molar-refractivity contribution in [2.45, 2.75) is 58.6 Å². The van der Waals surface area contributed by atoms with Crippen molar-refractivity contribution in [2.75, 3.05) is 6.54 Å². The second kappa shape index (κ2) is 10.5. The summed E-state index contributed by atoms with van der Waals surface area (Å²) in [5, 5.41) is 24.5. The Morgan fingerprint density at radius 1 is 1.12 bits per heavy atom. The Balaban J connectivity index is 2.09. The Hall–Kier alpha value is -3.00. The number of halogens is 1. The van der Waals surface area contributed by atoms with Crippen LogP contribution in [0, 0.1) is 11.2 Å². The third kappa shape index (κ3) is 7.30. The zero-order valence-corrected chi connectivity index (χ0v) is 19.0. The molecular formula is C24H32FN3O4. The fourth-order valence-corrected chi connectivity index (χ4v) is 3.43. The van der Waals surface area contributed by atoms with Crippen LogP contribution in [-0.2, 0) is 11.2 Å². The van der Waals surface area contributed by atoms with E-state index in [1.807, 2.05) is 20.8 Å². The molecule has 2 atom stereocenters. The maximum Gasteiger partial charge on any atom is 0.405 e. The van der Waals surface area contributed by atoms with Crippen molar-refractivity contribution in [1.82, 2.24) is 15.6 Å². The predicted molar refractivity (Wildman–Crippen MR) is 121 cm³/mol. The molecule has 1 aromatic carbocycles. The number of aliphatic hydroxyl groups is 1. The summed E-state index contributed by atoms with van der Waals surface area (Å²) in [6.07, 6.45) is 0.606. The monoisotopic (exact) mass is 445 g/mol. The molecule has 32 heavy (non-hydrogen) atoms. The largest absolute Gasteiger partial charge is 0.465 e. The van der Waals surface area contributed by atoms with Crippen LogP contribution in [0.3, 0.4) is 0 Å². The number of carboxylic acid groups (broad SMARTS) is 1. The highest BCUT2D eigenvalue weighted by Crippen LogP contribution is 2.26. The molecule has 2 unspecified atom stereocenters. The molecule has 8 heteroatoms. The van der Waals surface area contributed by atoms with Crippen molar-refractivity contribution in [3.63, 3.8) is 0 Å². The van der Waals surface area contributed by atoms with Gasteiger partial charge in [-0.1, -0.05) is 51.5 Å². The number of nitrogens with one attached hydrogen (secondary N) is 2. The normalized spacial score (nSPS) is 14.3. The predicted octanol–water partition coefficient (Wildman–Crippen LogP) is 3.76. The van der Waals surface area contributed by atoms with Gasteiger partial charge in [-0.25, -0.2) is 9.18 Å². The van der Waals surface area contributed by atoms with Crippen molar-refractivity contribution in [2.24, 2.45) is 5.41 Å². The number of amides is 2. The summed E-state index contributed by atoms with van der Waals surface area (Å²) in [6.45, 7) is 7.66. The summed E-state index contributed by atoms with van der Waals surface area (Å²) in [4.78, 5) is 28.3. The van der Waals surface area contributed by atoms with Crippen molar-refractivity contribution in [3.8, 4) is 11.3 Å². The van der Waals surface area contributed by atoms with E-state index in [0.29, 0.717) is 12.1 Å². The topological polar surface area (TPSA) is 112 Å². The molecule has 0 saturated carbocycles. The molecule has 1 heterocycles. The lowest BCUT2D eigenvalue weighted by Gasteiger charge is -2.30. The third-order valence-electron chi connectivity index (χ3n) is 5.66. The minimum absolute atomic E-state index is 0.0360. The van der Waals surface area contributed by atoms with Gasteiger partial charge in [0.05, 0.1) is 18.0 Å². The van der Waals surface area contributed by atoms with Gasteiger partial charge in [0.1, 0.15) is 11.4 Å². The number of pyridine rings is 1. The molecule has 0 aliphatic heterocycles. The standard InChI is InChI=1S/C24H32FN3O4/c1-5-23(2,3)13-19(29)15-27-21(30)24(4,28-22(31)32)12-16-6-8-17(9-7-16)20-11-10-18(25)14-26-20/h6-11,14,19,28-29H,5,12-13,15H2,1-4H3,(H,27,30)(H,31,32). The molecular weight excluding hydrogens is 413 g/mol. The Kier molecular flexibility index (Phi) is 8.32. The summed E-state index contributed by atoms with van der Waals surface area (Å²) in [5.41, 5.74) is 0.615. The maximum absolute atomic E-state index is 13.1. The van der Waals surface area contributed by atoms with Gasteiger partial charge in [0.15, 0.2) is 0 Å². The van der Waals surface area contributed by atoms with Crippen molar-refractivity contribution in [1.29, 1.82) is 0 Å². The number of aromatic nitrogens is 1. The number of carbonyl (C=O) groups excluding carboxylic acids is 1. The number of nitrogens with zero attached hydrogens (tertiary/aromatic N) is 1. The molecule has 2 rings (SSSR count). The van der Waals surface area contributed by atoms with Crippen molar-refractivity contribution < 1.29 is 24.2 Å². The lowest BCUT2D eigenvalue weighted by molar-refractivity contribution is -0.127. The fourth-order valence-electron chi connectivity index (χ4n) is 3.43. The average Bonchev–Trinajstić information content (AvgIpc) is 2.72. The van der Waals surface area contributed by atoms with E-state index in [-0.39, 0.29) is 18.4 Å². The summed E-state index contributed by atoms with van der Waals surface area (Å²) < 4.78 is 13.1. The van der Waals surface area contributed by atoms with E-state index in [9.17, 15) is 24.2 Å². The number of aliphatic hydroxyl groups excluding tert-OH is 1. The lowest BCUT2D eigenvalue weighted by Crippen LogP contribution is -2.58. The SMILES string of the molecule is CCC(C)(C)CC(O)CNC(=O)C(C)(Cc1ccc(-c2ccc(F)cn2)cc1)NC(=O)O. The first-order valence-electron chi connectivity index (χ1n) is 10.6. The second-order valence-electron chi connectivity index (χ2n) is 9.08. The van der Waals surface area contributed by atoms with Crippen LogP contribution in [0.5, 0.6) is 0 Å². The summed E-state index contributed by atoms with van der Waals surface area (Å²) >= 11 is 0. The van der Waals surface area contributed by atoms with E-state index in [1.54, 1.807) is 30.3 Å². The van der Waals surface area contributed by atoms with Gasteiger partial charge >= 0.3 is 6.09 Å².